The number of aromatic nitrogens is 2. The number of thiophene rings is 1. The van der Waals surface area contributed by atoms with Crippen molar-refractivity contribution in [2.75, 3.05) is 0 Å². The number of carboxylic acid groups (broad SMARTS) is 1. The minimum Gasteiger partial charge on any atom is -0.477 e. The van der Waals surface area contributed by atoms with Crippen LogP contribution in [-0.2, 0) is 5.54 Å². The van der Waals surface area contributed by atoms with Crippen molar-refractivity contribution in [2.45, 2.75) is 24.8 Å². The van der Waals surface area contributed by atoms with Crippen LogP contribution in [0, 0.1) is 2.88 Å². The molecule has 1 aliphatic carbocycles. The zero-order valence-corrected chi connectivity index (χ0v) is 13.8. The Hall–Kier alpha value is -1.42. The number of carbonyl (C=O) groups is 2. The number of rotatable bonds is 4. The molecule has 0 spiro atoms. The van der Waals surface area contributed by atoms with Crippen molar-refractivity contribution in [3.8, 4) is 0 Å². The zero-order valence-electron chi connectivity index (χ0n) is 10.9. The molecule has 0 saturated heterocycles. The Morgan fingerprint density at radius 1 is 1.48 bits per heavy atom. The van der Waals surface area contributed by atoms with E-state index in [1.165, 1.54) is 17.5 Å². The van der Waals surface area contributed by atoms with Crippen molar-refractivity contribution in [1.29, 1.82) is 0 Å². The van der Waals surface area contributed by atoms with Gasteiger partial charge < -0.3 is 15.4 Å². The van der Waals surface area contributed by atoms with Crippen molar-refractivity contribution in [2.24, 2.45) is 0 Å². The third-order valence-corrected chi connectivity index (χ3v) is 5.44. The molecule has 0 unspecified atom stereocenters. The number of carboxylic acids is 1. The molecule has 6 nitrogen and oxygen atoms in total. The SMILES string of the molecule is O=C(NC1(c2ncc(C(=O)O)[nH]2)CCC1)c1csc(I)c1. The molecule has 1 aliphatic rings. The zero-order chi connectivity index (χ0) is 15.0. The molecule has 0 aromatic carbocycles. The summed E-state index contributed by atoms with van der Waals surface area (Å²) in [5, 5.41) is 13.8. The molecule has 3 N–H and O–H groups in total. The van der Waals surface area contributed by atoms with E-state index in [0.717, 1.165) is 22.1 Å². The molecule has 21 heavy (non-hydrogen) atoms. The molecular weight excluding hydrogens is 405 g/mol. The first-order valence-electron chi connectivity index (χ1n) is 6.35. The number of nitrogens with zero attached hydrogens (tertiary/aromatic N) is 1. The van der Waals surface area contributed by atoms with Crippen molar-refractivity contribution < 1.29 is 14.7 Å². The second-order valence-electron chi connectivity index (χ2n) is 4.98. The van der Waals surface area contributed by atoms with Gasteiger partial charge in [-0.3, -0.25) is 4.79 Å². The standard InChI is InChI=1S/C13H12IN3O3S/c14-9-4-7(6-21-9)10(18)17-13(2-1-3-13)12-15-5-8(16-12)11(19)20/h4-6H,1-3H2,(H,15,16)(H,17,18)(H,19,20). The highest BCUT2D eigenvalue weighted by Crippen LogP contribution is 2.40. The van der Waals surface area contributed by atoms with Crippen LogP contribution in [0.5, 0.6) is 0 Å². The molecule has 110 valence electrons. The maximum Gasteiger partial charge on any atom is 0.353 e. The van der Waals surface area contributed by atoms with Crippen LogP contribution < -0.4 is 5.32 Å². The Morgan fingerprint density at radius 3 is 2.71 bits per heavy atom. The summed E-state index contributed by atoms with van der Waals surface area (Å²) in [4.78, 5) is 30.2. The minimum absolute atomic E-state index is 0.0376. The average Bonchev–Trinajstić information content (AvgIpc) is 3.02. The van der Waals surface area contributed by atoms with E-state index in [1.807, 2.05) is 11.4 Å². The van der Waals surface area contributed by atoms with Crippen molar-refractivity contribution in [3.63, 3.8) is 0 Å². The van der Waals surface area contributed by atoms with Crippen LogP contribution >= 0.6 is 33.9 Å². The second-order valence-corrected chi connectivity index (χ2v) is 7.79. The normalized spacial score (nSPS) is 16.2. The summed E-state index contributed by atoms with van der Waals surface area (Å²) >= 11 is 3.68. The van der Waals surface area contributed by atoms with Crippen molar-refractivity contribution in [1.82, 2.24) is 15.3 Å². The summed E-state index contributed by atoms with van der Waals surface area (Å²) in [5.74, 6) is -0.687. The number of amides is 1. The van der Waals surface area contributed by atoms with Crippen LogP contribution in [0.3, 0.4) is 0 Å². The highest BCUT2D eigenvalue weighted by molar-refractivity contribution is 14.1. The maximum absolute atomic E-state index is 12.3. The first-order valence-corrected chi connectivity index (χ1v) is 8.31. The number of carbonyl (C=O) groups excluding carboxylic acids is 1. The number of H-pyrrole nitrogens is 1. The largest absolute Gasteiger partial charge is 0.477 e. The molecule has 8 heteroatoms. The summed E-state index contributed by atoms with van der Waals surface area (Å²) < 4.78 is 1.05. The van der Waals surface area contributed by atoms with Crippen LogP contribution in [0.25, 0.3) is 0 Å². The summed E-state index contributed by atoms with van der Waals surface area (Å²) in [7, 11) is 0. The molecule has 0 bridgehead atoms. The Balaban J connectivity index is 1.83. The number of aromatic carboxylic acids is 1. The highest BCUT2D eigenvalue weighted by Gasteiger charge is 2.43. The van der Waals surface area contributed by atoms with E-state index in [1.54, 1.807) is 0 Å². The fourth-order valence-electron chi connectivity index (χ4n) is 2.34. The molecule has 1 saturated carbocycles. The summed E-state index contributed by atoms with van der Waals surface area (Å²) in [5.41, 5.74) is 0.0920. The van der Waals surface area contributed by atoms with Crippen LogP contribution in [0.2, 0.25) is 0 Å². The van der Waals surface area contributed by atoms with E-state index in [4.69, 9.17) is 5.11 Å². The van der Waals surface area contributed by atoms with Gasteiger partial charge in [0.15, 0.2) is 0 Å². The van der Waals surface area contributed by atoms with Crippen molar-refractivity contribution >= 4 is 45.8 Å². The highest BCUT2D eigenvalue weighted by atomic mass is 127. The molecular formula is C13H12IN3O3S. The molecule has 0 aliphatic heterocycles. The van der Waals surface area contributed by atoms with Gasteiger partial charge >= 0.3 is 5.97 Å². The molecule has 0 atom stereocenters. The lowest BCUT2D eigenvalue weighted by Gasteiger charge is -2.40. The number of hydrogen-bond acceptors (Lipinski definition) is 4. The summed E-state index contributed by atoms with van der Waals surface area (Å²) in [6, 6.07) is 1.83. The fraction of sp³-hybridized carbons (Fsp3) is 0.308. The Labute approximate surface area is 138 Å². The topological polar surface area (TPSA) is 95.1 Å². The molecule has 2 aromatic rings. The summed E-state index contributed by atoms with van der Waals surface area (Å²) in [6.45, 7) is 0. The van der Waals surface area contributed by atoms with Crippen LogP contribution in [0.4, 0.5) is 0 Å². The predicted octanol–water partition coefficient (Wildman–Crippen LogP) is 2.58. The van der Waals surface area contributed by atoms with E-state index in [-0.39, 0.29) is 11.6 Å². The average molecular weight is 417 g/mol. The summed E-state index contributed by atoms with van der Waals surface area (Å²) in [6.07, 6.45) is 3.78. The van der Waals surface area contributed by atoms with Gasteiger partial charge in [0.1, 0.15) is 11.5 Å². The molecule has 2 heterocycles. The number of imidazole rings is 1. The fourth-order valence-corrected chi connectivity index (χ4v) is 3.67. The lowest BCUT2D eigenvalue weighted by Crippen LogP contribution is -2.51. The van der Waals surface area contributed by atoms with Crippen LogP contribution in [0.15, 0.2) is 17.6 Å². The molecule has 1 amide bonds. The minimum atomic E-state index is -1.05. The predicted molar refractivity (Wildman–Crippen MR) is 85.6 cm³/mol. The van der Waals surface area contributed by atoms with Gasteiger partial charge in [-0.1, -0.05) is 0 Å². The number of hydrogen-bond donors (Lipinski definition) is 3. The third kappa shape index (κ3) is 2.69. The number of aromatic amines is 1. The molecule has 3 rings (SSSR count). The lowest BCUT2D eigenvalue weighted by molar-refractivity contribution is 0.0690. The lowest BCUT2D eigenvalue weighted by atomic mass is 9.76. The Kier molecular flexibility index (Phi) is 3.74. The van der Waals surface area contributed by atoms with Gasteiger partial charge in [-0.25, -0.2) is 9.78 Å². The van der Waals surface area contributed by atoms with E-state index in [9.17, 15) is 9.59 Å². The first-order chi connectivity index (χ1) is 10.00. The van der Waals surface area contributed by atoms with E-state index in [0.29, 0.717) is 11.4 Å². The molecule has 1 fully saturated rings. The number of halogens is 1. The van der Waals surface area contributed by atoms with E-state index < -0.39 is 11.5 Å². The Morgan fingerprint density at radius 2 is 2.24 bits per heavy atom. The van der Waals surface area contributed by atoms with Gasteiger partial charge in [-0.2, -0.15) is 0 Å². The molecule has 2 aromatic heterocycles. The first kappa shape index (κ1) is 14.5. The molecule has 0 radical (unpaired) electrons. The maximum atomic E-state index is 12.3. The van der Waals surface area contributed by atoms with Gasteiger partial charge in [0.05, 0.1) is 20.2 Å². The number of nitrogens with one attached hydrogen (secondary N) is 2. The van der Waals surface area contributed by atoms with Gasteiger partial charge in [0.2, 0.25) is 0 Å². The van der Waals surface area contributed by atoms with Gasteiger partial charge in [-0.05, 0) is 47.9 Å². The second kappa shape index (κ2) is 5.41. The van der Waals surface area contributed by atoms with Crippen molar-refractivity contribution in [3.05, 3.63) is 37.6 Å². The quantitative estimate of drug-likeness (QED) is 0.667. The smallest absolute Gasteiger partial charge is 0.353 e. The van der Waals surface area contributed by atoms with Gasteiger partial charge in [0, 0.05) is 5.38 Å². The van der Waals surface area contributed by atoms with E-state index in [2.05, 4.69) is 37.9 Å². The Bertz CT molecular complexity index is 705. The monoisotopic (exact) mass is 417 g/mol. The van der Waals surface area contributed by atoms with Gasteiger partial charge in [0.25, 0.3) is 5.91 Å². The van der Waals surface area contributed by atoms with Gasteiger partial charge in [-0.15, -0.1) is 11.3 Å². The third-order valence-electron chi connectivity index (χ3n) is 3.65. The van der Waals surface area contributed by atoms with Crippen LogP contribution in [-0.4, -0.2) is 27.0 Å². The van der Waals surface area contributed by atoms with E-state index >= 15 is 0 Å². The van der Waals surface area contributed by atoms with Crippen LogP contribution in [0.1, 0.15) is 45.9 Å².